The van der Waals surface area contributed by atoms with E-state index in [4.69, 9.17) is 10.5 Å². The number of benzene rings is 1. The van der Waals surface area contributed by atoms with Gasteiger partial charge in [0.1, 0.15) is 0 Å². The Kier molecular flexibility index (Phi) is 5.75. The molecule has 1 aromatic rings. The van der Waals surface area contributed by atoms with Gasteiger partial charge in [0.25, 0.3) is 0 Å². The van der Waals surface area contributed by atoms with Crippen molar-refractivity contribution in [2.45, 2.75) is 11.0 Å². The molecular formula is C11H17BrN2O4S. The molecule has 1 atom stereocenters. The van der Waals surface area contributed by atoms with Crippen molar-refractivity contribution in [2.24, 2.45) is 0 Å². The van der Waals surface area contributed by atoms with E-state index < -0.39 is 16.1 Å². The Bertz CT molecular complexity index is 535. The van der Waals surface area contributed by atoms with Crippen LogP contribution in [0, 0.1) is 0 Å². The summed E-state index contributed by atoms with van der Waals surface area (Å²) < 4.78 is 30.8. The van der Waals surface area contributed by atoms with Crippen LogP contribution in [0.4, 0.5) is 5.69 Å². The topological polar surface area (TPSA) is 92.9 Å². The Morgan fingerprint density at radius 1 is 1.53 bits per heavy atom. The van der Waals surface area contributed by atoms with E-state index in [9.17, 15) is 13.5 Å². The quantitative estimate of drug-likeness (QED) is 0.733. The summed E-state index contributed by atoms with van der Waals surface area (Å²) >= 11 is 3.18. The van der Waals surface area contributed by atoms with Gasteiger partial charge in [-0.15, -0.1) is 0 Å². The van der Waals surface area contributed by atoms with Crippen molar-refractivity contribution in [1.29, 1.82) is 0 Å². The number of likely N-dealkylation sites (N-methyl/N-ethyl adjacent to an activating group) is 1. The molecule has 0 aliphatic carbocycles. The van der Waals surface area contributed by atoms with Gasteiger partial charge in [-0.1, -0.05) is 0 Å². The number of methoxy groups -OCH3 is 1. The molecule has 0 saturated carbocycles. The Labute approximate surface area is 121 Å². The predicted octanol–water partition coefficient (Wildman–Crippen LogP) is 0.659. The number of hydrogen-bond acceptors (Lipinski definition) is 5. The number of ether oxygens (including phenoxy) is 1. The zero-order valence-electron chi connectivity index (χ0n) is 10.7. The maximum atomic E-state index is 12.3. The first-order chi connectivity index (χ1) is 8.78. The normalized spacial score (nSPS) is 13.7. The molecule has 19 heavy (non-hydrogen) atoms. The highest BCUT2D eigenvalue weighted by molar-refractivity contribution is 9.10. The molecule has 0 spiro atoms. The monoisotopic (exact) mass is 352 g/mol. The number of hydrogen-bond donors (Lipinski definition) is 2. The zero-order chi connectivity index (χ0) is 14.6. The molecule has 0 fully saturated rings. The van der Waals surface area contributed by atoms with E-state index in [0.717, 1.165) is 4.31 Å². The third-order valence-corrected chi connectivity index (χ3v) is 5.27. The van der Waals surface area contributed by atoms with Gasteiger partial charge < -0.3 is 15.6 Å². The summed E-state index contributed by atoms with van der Waals surface area (Å²) in [6.07, 6.45) is -0.877. The minimum Gasteiger partial charge on any atom is -0.399 e. The lowest BCUT2D eigenvalue weighted by molar-refractivity contribution is 0.0554. The molecule has 0 amide bonds. The lowest BCUT2D eigenvalue weighted by Gasteiger charge is -2.21. The lowest BCUT2D eigenvalue weighted by atomic mass is 10.3. The van der Waals surface area contributed by atoms with Crippen molar-refractivity contribution in [3.63, 3.8) is 0 Å². The summed E-state index contributed by atoms with van der Waals surface area (Å²) in [4.78, 5) is 0.105. The molecule has 0 aliphatic heterocycles. The fraction of sp³-hybridized carbons (Fsp3) is 0.455. The Balaban J connectivity index is 2.97. The number of rotatable bonds is 6. The van der Waals surface area contributed by atoms with Crippen LogP contribution in [0.1, 0.15) is 0 Å². The van der Waals surface area contributed by atoms with Crippen molar-refractivity contribution >= 4 is 31.6 Å². The number of anilines is 1. The van der Waals surface area contributed by atoms with Gasteiger partial charge in [-0.05, 0) is 34.1 Å². The molecule has 8 heteroatoms. The highest BCUT2D eigenvalue weighted by atomic mass is 79.9. The van der Waals surface area contributed by atoms with Crippen LogP contribution in [0.2, 0.25) is 0 Å². The van der Waals surface area contributed by atoms with Gasteiger partial charge in [-0.25, -0.2) is 8.42 Å². The van der Waals surface area contributed by atoms with E-state index in [1.54, 1.807) is 0 Å². The van der Waals surface area contributed by atoms with E-state index in [0.29, 0.717) is 10.2 Å². The predicted molar refractivity (Wildman–Crippen MR) is 76.3 cm³/mol. The van der Waals surface area contributed by atoms with Gasteiger partial charge in [0.2, 0.25) is 10.0 Å². The molecule has 108 valence electrons. The van der Waals surface area contributed by atoms with Crippen LogP contribution in [0.3, 0.4) is 0 Å². The smallest absolute Gasteiger partial charge is 0.244 e. The van der Waals surface area contributed by atoms with Crippen LogP contribution in [-0.4, -0.2) is 51.2 Å². The number of aliphatic hydroxyl groups excluding tert-OH is 1. The van der Waals surface area contributed by atoms with Gasteiger partial charge in [-0.3, -0.25) is 0 Å². The van der Waals surface area contributed by atoms with Crippen molar-refractivity contribution in [3.8, 4) is 0 Å². The summed E-state index contributed by atoms with van der Waals surface area (Å²) in [6, 6.07) is 4.46. The highest BCUT2D eigenvalue weighted by Gasteiger charge is 2.25. The number of halogens is 1. The van der Waals surface area contributed by atoms with Crippen molar-refractivity contribution in [3.05, 3.63) is 22.7 Å². The second-order valence-corrected chi connectivity index (χ2v) is 6.95. The average molecular weight is 353 g/mol. The number of aliphatic hydroxyl groups is 1. The Morgan fingerprint density at radius 2 is 2.16 bits per heavy atom. The van der Waals surface area contributed by atoms with Crippen molar-refractivity contribution in [1.82, 2.24) is 4.31 Å². The van der Waals surface area contributed by atoms with Gasteiger partial charge in [0, 0.05) is 30.9 Å². The highest BCUT2D eigenvalue weighted by Crippen LogP contribution is 2.26. The van der Waals surface area contributed by atoms with Gasteiger partial charge in [-0.2, -0.15) is 4.31 Å². The molecule has 0 aliphatic rings. The molecule has 1 rings (SSSR count). The molecule has 1 aromatic carbocycles. The molecule has 0 saturated heterocycles. The van der Waals surface area contributed by atoms with Crippen LogP contribution in [-0.2, 0) is 14.8 Å². The summed E-state index contributed by atoms with van der Waals surface area (Å²) in [5, 5.41) is 9.58. The van der Waals surface area contributed by atoms with E-state index in [2.05, 4.69) is 15.9 Å². The third kappa shape index (κ3) is 4.15. The molecule has 3 N–H and O–H groups in total. The SMILES string of the molecule is COCC(O)CN(C)S(=O)(=O)c1ccc(N)cc1Br. The summed E-state index contributed by atoms with van der Waals surface area (Å²) in [5.41, 5.74) is 6.04. The van der Waals surface area contributed by atoms with E-state index in [-0.39, 0.29) is 18.0 Å². The van der Waals surface area contributed by atoms with Crippen LogP contribution in [0.25, 0.3) is 0 Å². The van der Waals surface area contributed by atoms with E-state index in [1.807, 2.05) is 0 Å². The molecule has 0 heterocycles. The largest absolute Gasteiger partial charge is 0.399 e. The molecule has 1 unspecified atom stereocenters. The minimum absolute atomic E-state index is 0.0486. The number of nitrogens with two attached hydrogens (primary N) is 1. The summed E-state index contributed by atoms with van der Waals surface area (Å²) in [7, 11) is -0.846. The van der Waals surface area contributed by atoms with Crippen LogP contribution < -0.4 is 5.73 Å². The molecular weight excluding hydrogens is 336 g/mol. The second-order valence-electron chi connectivity index (χ2n) is 4.08. The summed E-state index contributed by atoms with van der Waals surface area (Å²) in [5.74, 6) is 0. The van der Waals surface area contributed by atoms with Crippen LogP contribution >= 0.6 is 15.9 Å². The minimum atomic E-state index is -3.68. The number of nitrogens with zero attached hydrogens (tertiary/aromatic N) is 1. The molecule has 0 radical (unpaired) electrons. The third-order valence-electron chi connectivity index (χ3n) is 2.47. The summed E-state index contributed by atoms with van der Waals surface area (Å²) in [6.45, 7) is 0.0236. The van der Waals surface area contributed by atoms with Crippen molar-refractivity contribution < 1.29 is 18.3 Å². The maximum Gasteiger partial charge on any atom is 0.244 e. The van der Waals surface area contributed by atoms with Crippen molar-refractivity contribution in [2.75, 3.05) is 33.0 Å². The molecule has 0 aromatic heterocycles. The van der Waals surface area contributed by atoms with Gasteiger partial charge >= 0.3 is 0 Å². The lowest BCUT2D eigenvalue weighted by Crippen LogP contribution is -2.36. The maximum absolute atomic E-state index is 12.3. The number of nitrogen functional groups attached to an aromatic ring is 1. The fourth-order valence-electron chi connectivity index (χ4n) is 1.53. The first-order valence-corrected chi connectivity index (χ1v) is 7.70. The van der Waals surface area contributed by atoms with Crippen LogP contribution in [0.5, 0.6) is 0 Å². The van der Waals surface area contributed by atoms with Gasteiger partial charge in [0.05, 0.1) is 17.6 Å². The zero-order valence-corrected chi connectivity index (χ0v) is 13.1. The Morgan fingerprint density at radius 3 is 2.68 bits per heavy atom. The second kappa shape index (κ2) is 6.67. The van der Waals surface area contributed by atoms with E-state index >= 15 is 0 Å². The first kappa shape index (κ1) is 16.4. The standard InChI is InChI=1S/C11H17BrN2O4S/c1-14(6-9(15)7-18-2)19(16,17)11-4-3-8(13)5-10(11)12/h3-5,9,15H,6-7,13H2,1-2H3. The average Bonchev–Trinajstić information content (AvgIpc) is 2.28. The Hall–Kier alpha value is -0.670. The van der Waals surface area contributed by atoms with Crippen LogP contribution in [0.15, 0.2) is 27.6 Å². The van der Waals surface area contributed by atoms with E-state index in [1.165, 1.54) is 32.4 Å². The first-order valence-electron chi connectivity index (χ1n) is 5.47. The molecule has 6 nitrogen and oxygen atoms in total. The number of sulfonamides is 1. The molecule has 0 bridgehead atoms. The fourth-order valence-corrected chi connectivity index (χ4v) is 3.79. The van der Waals surface area contributed by atoms with Gasteiger partial charge in [0.15, 0.2) is 0 Å².